The summed E-state index contributed by atoms with van der Waals surface area (Å²) in [5.41, 5.74) is 1.88. The van der Waals surface area contributed by atoms with E-state index in [0.717, 1.165) is 0 Å². The third-order valence-corrected chi connectivity index (χ3v) is 3.86. The quantitative estimate of drug-likeness (QED) is 0.799. The Bertz CT molecular complexity index is 639. The van der Waals surface area contributed by atoms with Crippen molar-refractivity contribution in [3.05, 3.63) is 63.9 Å². The number of carbonyl (C=O) groups is 1. The van der Waals surface area contributed by atoms with Gasteiger partial charge in [-0.2, -0.15) is 0 Å². The van der Waals surface area contributed by atoms with E-state index in [4.69, 9.17) is 0 Å². The standard InChI is InChI=1S/C17H17BrFNO/c1-17(2,3)11-7-9-12(10-8-11)20-16(21)15-13(18)5-4-6-14(15)19/h4-10H,1-3H3,(H,20,21). The van der Waals surface area contributed by atoms with E-state index in [1.807, 2.05) is 24.3 Å². The van der Waals surface area contributed by atoms with E-state index in [1.165, 1.54) is 11.6 Å². The monoisotopic (exact) mass is 349 g/mol. The first kappa shape index (κ1) is 15.7. The molecule has 2 aromatic carbocycles. The summed E-state index contributed by atoms with van der Waals surface area (Å²) in [5.74, 6) is -1.02. The molecule has 21 heavy (non-hydrogen) atoms. The predicted molar refractivity (Wildman–Crippen MR) is 87.2 cm³/mol. The van der Waals surface area contributed by atoms with Crippen LogP contribution in [0.4, 0.5) is 10.1 Å². The number of nitrogens with one attached hydrogen (secondary N) is 1. The maximum absolute atomic E-state index is 13.7. The van der Waals surface area contributed by atoms with E-state index >= 15 is 0 Å². The van der Waals surface area contributed by atoms with Crippen LogP contribution in [-0.2, 0) is 5.41 Å². The topological polar surface area (TPSA) is 29.1 Å². The third-order valence-electron chi connectivity index (χ3n) is 3.20. The Labute approximate surface area is 132 Å². The summed E-state index contributed by atoms with van der Waals surface area (Å²) in [5, 5.41) is 2.71. The first-order chi connectivity index (χ1) is 9.79. The lowest BCUT2D eigenvalue weighted by Gasteiger charge is -2.19. The van der Waals surface area contributed by atoms with Gasteiger partial charge >= 0.3 is 0 Å². The molecule has 2 aromatic rings. The summed E-state index contributed by atoms with van der Waals surface area (Å²) in [7, 11) is 0. The van der Waals surface area contributed by atoms with Crippen molar-refractivity contribution >= 4 is 27.5 Å². The molecule has 0 saturated carbocycles. The van der Waals surface area contributed by atoms with Crippen LogP contribution in [0.2, 0.25) is 0 Å². The lowest BCUT2D eigenvalue weighted by Crippen LogP contribution is -2.15. The summed E-state index contributed by atoms with van der Waals surface area (Å²) >= 11 is 3.20. The van der Waals surface area contributed by atoms with Gasteiger partial charge < -0.3 is 5.32 Å². The average Bonchev–Trinajstić information content (AvgIpc) is 2.38. The minimum Gasteiger partial charge on any atom is -0.322 e. The molecular formula is C17H17BrFNO. The fourth-order valence-corrected chi connectivity index (χ4v) is 2.48. The van der Waals surface area contributed by atoms with Crippen LogP contribution >= 0.6 is 15.9 Å². The Kier molecular flexibility index (Phi) is 4.47. The Morgan fingerprint density at radius 3 is 2.24 bits per heavy atom. The molecule has 4 heteroatoms. The molecule has 1 amide bonds. The molecule has 0 atom stereocenters. The number of benzene rings is 2. The SMILES string of the molecule is CC(C)(C)c1ccc(NC(=O)c2c(F)cccc2Br)cc1. The number of carbonyl (C=O) groups excluding carboxylic acids is 1. The van der Waals surface area contributed by atoms with Crippen LogP contribution in [0.15, 0.2) is 46.9 Å². The fraction of sp³-hybridized carbons (Fsp3) is 0.235. The van der Waals surface area contributed by atoms with Crippen LogP contribution < -0.4 is 5.32 Å². The molecule has 0 bridgehead atoms. The first-order valence-corrected chi connectivity index (χ1v) is 7.44. The van der Waals surface area contributed by atoms with E-state index < -0.39 is 11.7 Å². The molecule has 0 heterocycles. The van der Waals surface area contributed by atoms with E-state index in [2.05, 4.69) is 42.0 Å². The molecule has 0 saturated heterocycles. The zero-order valence-electron chi connectivity index (χ0n) is 12.2. The lowest BCUT2D eigenvalue weighted by molar-refractivity contribution is 0.102. The van der Waals surface area contributed by atoms with Crippen LogP contribution in [-0.4, -0.2) is 5.91 Å². The number of rotatable bonds is 2. The Morgan fingerprint density at radius 1 is 1.10 bits per heavy atom. The first-order valence-electron chi connectivity index (χ1n) is 6.65. The molecule has 2 rings (SSSR count). The zero-order chi connectivity index (χ0) is 15.6. The van der Waals surface area contributed by atoms with Crippen molar-refractivity contribution < 1.29 is 9.18 Å². The Hall–Kier alpha value is -1.68. The minimum atomic E-state index is -0.548. The van der Waals surface area contributed by atoms with E-state index in [9.17, 15) is 9.18 Å². The molecule has 0 aliphatic carbocycles. The summed E-state index contributed by atoms with van der Waals surface area (Å²) in [6.45, 7) is 6.37. The highest BCUT2D eigenvalue weighted by Gasteiger charge is 2.16. The van der Waals surface area contributed by atoms with Gasteiger partial charge in [-0.3, -0.25) is 4.79 Å². The van der Waals surface area contributed by atoms with Gasteiger partial charge in [0.2, 0.25) is 0 Å². The van der Waals surface area contributed by atoms with Crippen LogP contribution in [0.1, 0.15) is 36.7 Å². The van der Waals surface area contributed by atoms with Crippen molar-refractivity contribution in [1.82, 2.24) is 0 Å². The maximum Gasteiger partial charge on any atom is 0.259 e. The fourth-order valence-electron chi connectivity index (χ4n) is 1.96. The van der Waals surface area contributed by atoms with Crippen LogP contribution in [0.25, 0.3) is 0 Å². The van der Waals surface area contributed by atoms with Gasteiger partial charge in [0.05, 0.1) is 5.56 Å². The summed E-state index contributed by atoms with van der Waals surface area (Å²) in [4.78, 5) is 12.2. The van der Waals surface area contributed by atoms with Gasteiger partial charge in [-0.25, -0.2) is 4.39 Å². The van der Waals surface area contributed by atoms with Crippen molar-refractivity contribution in [2.24, 2.45) is 0 Å². The van der Waals surface area contributed by atoms with E-state index in [1.54, 1.807) is 12.1 Å². The number of hydrogen-bond donors (Lipinski definition) is 1. The van der Waals surface area contributed by atoms with Crippen LogP contribution in [0.3, 0.4) is 0 Å². The summed E-state index contributed by atoms with van der Waals surface area (Å²) < 4.78 is 14.2. The summed E-state index contributed by atoms with van der Waals surface area (Å²) in [6, 6.07) is 12.0. The molecule has 1 N–H and O–H groups in total. The van der Waals surface area contributed by atoms with Gasteiger partial charge in [0, 0.05) is 10.2 Å². The second-order valence-electron chi connectivity index (χ2n) is 5.88. The second-order valence-corrected chi connectivity index (χ2v) is 6.73. The number of anilines is 1. The number of hydrogen-bond acceptors (Lipinski definition) is 1. The van der Waals surface area contributed by atoms with Gasteiger partial charge in [0.15, 0.2) is 0 Å². The van der Waals surface area contributed by atoms with Crippen molar-refractivity contribution in [3.8, 4) is 0 Å². The largest absolute Gasteiger partial charge is 0.322 e. The normalized spacial score (nSPS) is 11.3. The summed E-state index contributed by atoms with van der Waals surface area (Å²) in [6.07, 6.45) is 0. The van der Waals surface area contributed by atoms with Gasteiger partial charge in [-0.15, -0.1) is 0 Å². The van der Waals surface area contributed by atoms with Gasteiger partial charge in [0.1, 0.15) is 5.82 Å². The van der Waals surface area contributed by atoms with Gasteiger partial charge in [0.25, 0.3) is 5.91 Å². The van der Waals surface area contributed by atoms with Gasteiger partial charge in [-0.1, -0.05) is 39.0 Å². The number of halogens is 2. The predicted octanol–water partition coefficient (Wildman–Crippen LogP) is 5.14. The molecule has 0 fully saturated rings. The third kappa shape index (κ3) is 3.70. The van der Waals surface area contributed by atoms with Crippen molar-refractivity contribution in [2.75, 3.05) is 5.32 Å². The zero-order valence-corrected chi connectivity index (χ0v) is 13.8. The molecule has 110 valence electrons. The molecule has 2 nitrogen and oxygen atoms in total. The molecule has 0 radical (unpaired) electrons. The smallest absolute Gasteiger partial charge is 0.259 e. The average molecular weight is 350 g/mol. The van der Waals surface area contributed by atoms with Gasteiger partial charge in [-0.05, 0) is 51.2 Å². The lowest BCUT2D eigenvalue weighted by atomic mass is 9.87. The van der Waals surface area contributed by atoms with E-state index in [-0.39, 0.29) is 11.0 Å². The number of amides is 1. The molecule has 0 aliphatic heterocycles. The molecular weight excluding hydrogens is 333 g/mol. The molecule has 0 unspecified atom stereocenters. The minimum absolute atomic E-state index is 0.0115. The van der Waals surface area contributed by atoms with Crippen molar-refractivity contribution in [3.63, 3.8) is 0 Å². The van der Waals surface area contributed by atoms with Crippen molar-refractivity contribution in [1.29, 1.82) is 0 Å². The van der Waals surface area contributed by atoms with Crippen molar-refractivity contribution in [2.45, 2.75) is 26.2 Å². The second kappa shape index (κ2) is 5.98. The Morgan fingerprint density at radius 2 is 1.71 bits per heavy atom. The highest BCUT2D eigenvalue weighted by Crippen LogP contribution is 2.25. The molecule has 0 spiro atoms. The van der Waals surface area contributed by atoms with E-state index in [0.29, 0.717) is 10.2 Å². The molecule has 0 aromatic heterocycles. The highest BCUT2D eigenvalue weighted by molar-refractivity contribution is 9.10. The Balaban J connectivity index is 2.21. The molecule has 0 aliphatic rings. The highest BCUT2D eigenvalue weighted by atomic mass is 79.9. The van der Waals surface area contributed by atoms with Crippen LogP contribution in [0, 0.1) is 5.82 Å². The maximum atomic E-state index is 13.7. The van der Waals surface area contributed by atoms with Crippen LogP contribution in [0.5, 0.6) is 0 Å².